The zero-order valence-corrected chi connectivity index (χ0v) is 6.84. The standard InChI is InChI=1S/C9H8N2O2/c12-10-8-5-6-11(13)9-4-2-1-3-7(8)9/h1-6,10,12H/p+1. The number of nitrogens with two attached hydrogens (primary N) is 1. The molecule has 1 aromatic heterocycles. The molecule has 0 saturated carbocycles. The fourth-order valence-electron chi connectivity index (χ4n) is 1.34. The van der Waals surface area contributed by atoms with Gasteiger partial charge in [0.05, 0.1) is 6.07 Å². The lowest BCUT2D eigenvalue weighted by Crippen LogP contribution is -2.74. The zero-order valence-electron chi connectivity index (χ0n) is 6.84. The van der Waals surface area contributed by atoms with E-state index in [0.29, 0.717) is 11.2 Å². The number of pyridine rings is 1. The molecule has 1 aromatic carbocycles. The summed E-state index contributed by atoms with van der Waals surface area (Å²) in [5, 5.41) is 20.9. The van der Waals surface area contributed by atoms with Crippen molar-refractivity contribution < 1.29 is 15.4 Å². The number of rotatable bonds is 1. The van der Waals surface area contributed by atoms with Gasteiger partial charge in [0.15, 0.2) is 11.9 Å². The Morgan fingerprint density at radius 2 is 2.00 bits per heavy atom. The first-order chi connectivity index (χ1) is 6.33. The molecule has 0 atom stereocenters. The normalized spacial score (nSPS) is 10.5. The predicted octanol–water partition coefficient (Wildman–Crippen LogP) is 0.0573. The summed E-state index contributed by atoms with van der Waals surface area (Å²) in [5.41, 5.74) is 2.22. The minimum absolute atomic E-state index is 0.560. The Labute approximate surface area is 74.6 Å². The first-order valence-corrected chi connectivity index (χ1v) is 3.91. The Hall–Kier alpha value is -1.65. The summed E-state index contributed by atoms with van der Waals surface area (Å²) >= 11 is 0. The fourth-order valence-corrected chi connectivity index (χ4v) is 1.34. The van der Waals surface area contributed by atoms with Crippen molar-refractivity contribution in [2.24, 2.45) is 0 Å². The lowest BCUT2D eigenvalue weighted by atomic mass is 10.2. The van der Waals surface area contributed by atoms with E-state index < -0.39 is 0 Å². The average molecular weight is 177 g/mol. The van der Waals surface area contributed by atoms with Gasteiger partial charge in [0, 0.05) is 6.07 Å². The highest BCUT2D eigenvalue weighted by molar-refractivity contribution is 5.84. The highest BCUT2D eigenvalue weighted by Crippen LogP contribution is 2.14. The highest BCUT2D eigenvalue weighted by Gasteiger charge is 2.09. The number of quaternary nitrogens is 1. The number of hydrogen-bond acceptors (Lipinski definition) is 2. The molecule has 2 rings (SSSR count). The molecule has 0 aliphatic heterocycles. The topological polar surface area (TPSA) is 63.8 Å². The van der Waals surface area contributed by atoms with E-state index >= 15 is 0 Å². The molecule has 0 fully saturated rings. The predicted molar refractivity (Wildman–Crippen MR) is 46.3 cm³/mol. The number of benzene rings is 1. The molecule has 4 nitrogen and oxygen atoms in total. The van der Waals surface area contributed by atoms with Gasteiger partial charge < -0.3 is 5.21 Å². The average Bonchev–Trinajstić information content (AvgIpc) is 2.19. The van der Waals surface area contributed by atoms with Crippen molar-refractivity contribution in [3.05, 3.63) is 41.7 Å². The third-order valence-electron chi connectivity index (χ3n) is 1.98. The minimum Gasteiger partial charge on any atom is -0.618 e. The molecule has 0 radical (unpaired) electrons. The van der Waals surface area contributed by atoms with Crippen LogP contribution in [0.15, 0.2) is 36.5 Å². The SMILES string of the molecule is [O-][n+]1ccc([NH2+]O)c2ccccc21. The van der Waals surface area contributed by atoms with Crippen LogP contribution in [0.1, 0.15) is 0 Å². The van der Waals surface area contributed by atoms with Crippen molar-refractivity contribution in [3.8, 4) is 0 Å². The molecule has 0 bridgehead atoms. The van der Waals surface area contributed by atoms with Gasteiger partial charge in [-0.2, -0.15) is 10.2 Å². The maximum absolute atomic E-state index is 11.3. The molecular weight excluding hydrogens is 168 g/mol. The third kappa shape index (κ3) is 1.22. The van der Waals surface area contributed by atoms with Gasteiger partial charge in [-0.15, -0.1) is 0 Å². The zero-order chi connectivity index (χ0) is 9.26. The number of para-hydroxylation sites is 1. The van der Waals surface area contributed by atoms with Crippen molar-refractivity contribution in [3.63, 3.8) is 0 Å². The Bertz CT molecular complexity index is 443. The quantitative estimate of drug-likeness (QED) is 0.367. The second-order valence-corrected chi connectivity index (χ2v) is 2.74. The molecule has 0 aliphatic carbocycles. The van der Waals surface area contributed by atoms with Crippen LogP contribution in [0, 0.1) is 5.21 Å². The number of fused-ring (bicyclic) bond motifs is 1. The van der Waals surface area contributed by atoms with Crippen LogP contribution in [-0.4, -0.2) is 5.21 Å². The minimum atomic E-state index is 0.560. The molecule has 0 amide bonds. The molecule has 4 heteroatoms. The van der Waals surface area contributed by atoms with E-state index in [1.807, 2.05) is 6.07 Å². The maximum atomic E-state index is 11.3. The summed E-state index contributed by atoms with van der Waals surface area (Å²) in [6.07, 6.45) is 1.38. The van der Waals surface area contributed by atoms with E-state index in [1.54, 1.807) is 24.3 Å². The van der Waals surface area contributed by atoms with E-state index in [1.165, 1.54) is 6.20 Å². The maximum Gasteiger partial charge on any atom is 0.229 e. The van der Waals surface area contributed by atoms with Gasteiger partial charge >= 0.3 is 0 Å². The van der Waals surface area contributed by atoms with Crippen molar-refractivity contribution >= 4 is 16.6 Å². The van der Waals surface area contributed by atoms with Crippen LogP contribution in [0.2, 0.25) is 0 Å². The summed E-state index contributed by atoms with van der Waals surface area (Å²) in [7, 11) is 0. The monoisotopic (exact) mass is 177 g/mol. The van der Waals surface area contributed by atoms with Gasteiger partial charge in [-0.25, -0.2) is 5.21 Å². The molecule has 1 heterocycles. The Kier molecular flexibility index (Phi) is 1.84. The van der Waals surface area contributed by atoms with E-state index in [2.05, 4.69) is 0 Å². The highest BCUT2D eigenvalue weighted by atomic mass is 16.5. The Morgan fingerprint density at radius 3 is 2.77 bits per heavy atom. The van der Waals surface area contributed by atoms with Gasteiger partial charge in [0.2, 0.25) is 5.52 Å². The van der Waals surface area contributed by atoms with Crippen LogP contribution in [0.25, 0.3) is 10.9 Å². The van der Waals surface area contributed by atoms with Crippen molar-refractivity contribution in [2.45, 2.75) is 0 Å². The van der Waals surface area contributed by atoms with E-state index in [0.717, 1.165) is 15.6 Å². The van der Waals surface area contributed by atoms with Crippen LogP contribution in [-0.2, 0) is 0 Å². The second kappa shape index (κ2) is 3.01. The van der Waals surface area contributed by atoms with Crippen LogP contribution in [0.3, 0.4) is 0 Å². The molecular formula is C9H9N2O2+. The van der Waals surface area contributed by atoms with E-state index in [4.69, 9.17) is 5.21 Å². The molecule has 13 heavy (non-hydrogen) atoms. The fraction of sp³-hybridized carbons (Fsp3) is 0. The first-order valence-electron chi connectivity index (χ1n) is 3.91. The Morgan fingerprint density at radius 1 is 1.23 bits per heavy atom. The molecule has 0 unspecified atom stereocenters. The second-order valence-electron chi connectivity index (χ2n) is 2.74. The van der Waals surface area contributed by atoms with Crippen molar-refractivity contribution in [1.29, 1.82) is 0 Å². The van der Waals surface area contributed by atoms with Crippen molar-refractivity contribution in [2.75, 3.05) is 0 Å². The number of aromatic nitrogens is 1. The van der Waals surface area contributed by atoms with E-state index in [-0.39, 0.29) is 0 Å². The molecule has 0 spiro atoms. The van der Waals surface area contributed by atoms with Gasteiger partial charge in [-0.1, -0.05) is 12.1 Å². The van der Waals surface area contributed by atoms with Crippen LogP contribution in [0.5, 0.6) is 0 Å². The van der Waals surface area contributed by atoms with Gasteiger partial charge in [-0.3, -0.25) is 0 Å². The van der Waals surface area contributed by atoms with E-state index in [9.17, 15) is 5.21 Å². The molecule has 3 N–H and O–H groups in total. The number of nitrogens with zero attached hydrogens (tertiary/aromatic N) is 1. The van der Waals surface area contributed by atoms with Gasteiger partial charge in [-0.05, 0) is 6.07 Å². The third-order valence-corrected chi connectivity index (χ3v) is 1.98. The van der Waals surface area contributed by atoms with Gasteiger partial charge in [0.1, 0.15) is 5.39 Å². The van der Waals surface area contributed by atoms with Crippen LogP contribution >= 0.6 is 0 Å². The lowest BCUT2D eigenvalue weighted by Gasteiger charge is -2.01. The number of hydrogen-bond donors (Lipinski definition) is 2. The molecule has 2 aromatic rings. The summed E-state index contributed by atoms with van der Waals surface area (Å²) < 4.78 is 0.780. The summed E-state index contributed by atoms with van der Waals surface area (Å²) in [6, 6.07) is 8.71. The van der Waals surface area contributed by atoms with Gasteiger partial charge in [0.25, 0.3) is 0 Å². The molecule has 0 saturated heterocycles. The van der Waals surface area contributed by atoms with Crippen LogP contribution in [0.4, 0.5) is 5.69 Å². The summed E-state index contributed by atoms with van der Waals surface area (Å²) in [4.78, 5) is 0. The first kappa shape index (κ1) is 7.97. The summed E-state index contributed by atoms with van der Waals surface area (Å²) in [5.74, 6) is 0. The summed E-state index contributed by atoms with van der Waals surface area (Å²) in [6.45, 7) is 0. The lowest BCUT2D eigenvalue weighted by molar-refractivity contribution is -0.825. The van der Waals surface area contributed by atoms with Crippen molar-refractivity contribution in [1.82, 2.24) is 0 Å². The van der Waals surface area contributed by atoms with Crippen LogP contribution < -0.4 is 10.2 Å². The smallest absolute Gasteiger partial charge is 0.229 e. The molecule has 0 aliphatic rings. The largest absolute Gasteiger partial charge is 0.618 e. The Balaban J connectivity index is 2.84. The molecule has 66 valence electrons.